The molecule has 0 saturated carbocycles. The van der Waals surface area contributed by atoms with Crippen molar-refractivity contribution in [3.05, 3.63) is 0 Å². The minimum absolute atomic E-state index is 0. The van der Waals surface area contributed by atoms with E-state index < -0.39 is 0 Å². The molecule has 0 aromatic carbocycles. The van der Waals surface area contributed by atoms with Crippen LogP contribution in [0.3, 0.4) is 0 Å². The van der Waals surface area contributed by atoms with Crippen molar-refractivity contribution in [1.29, 1.82) is 0 Å². The third kappa shape index (κ3) is 8.82. The third-order valence-electron chi connectivity index (χ3n) is 0. The van der Waals surface area contributed by atoms with Crippen LogP contribution in [0.25, 0.3) is 0 Å². The van der Waals surface area contributed by atoms with Crippen molar-refractivity contribution in [3.63, 3.8) is 0 Å². The first kappa shape index (κ1) is 15.9. The molecule has 0 heterocycles. The van der Waals surface area contributed by atoms with E-state index in [0.717, 1.165) is 0 Å². The monoisotopic (exact) mass is 375 g/mol. The summed E-state index contributed by atoms with van der Waals surface area (Å²) in [6, 6.07) is 0. The van der Waals surface area contributed by atoms with Crippen molar-refractivity contribution in [3.8, 4) is 0 Å². The Labute approximate surface area is 84.2 Å². The van der Waals surface area contributed by atoms with E-state index >= 15 is 0 Å². The first-order valence-corrected chi connectivity index (χ1v) is 1.21. The predicted molar refractivity (Wildman–Crippen MR) is 0.686 cm³/mol. The molecular formula is HfOYZr. The van der Waals surface area contributed by atoms with Crippen molar-refractivity contribution < 1.29 is 86.1 Å². The van der Waals surface area contributed by atoms with Crippen LogP contribution in [0.15, 0.2) is 0 Å². The zero-order chi connectivity index (χ0) is 2.00. The van der Waals surface area contributed by atoms with Gasteiger partial charge in [-0.3, -0.25) is 0 Å². The summed E-state index contributed by atoms with van der Waals surface area (Å²) >= 11 is 0.300. The predicted octanol–water partition coefficient (Wildman–Crippen LogP) is -0.126. The molecule has 0 amide bonds. The van der Waals surface area contributed by atoms with E-state index in [4.69, 9.17) is 2.81 Å². The molecule has 0 saturated heterocycles. The molecule has 0 aliphatic carbocycles. The Morgan fingerprint density at radius 2 is 1.25 bits per heavy atom. The summed E-state index contributed by atoms with van der Waals surface area (Å²) in [7, 11) is 0. The summed E-state index contributed by atoms with van der Waals surface area (Å²) in [6.07, 6.45) is 0. The average molecular weight is 375 g/mol. The van der Waals surface area contributed by atoms with Crippen LogP contribution in [-0.2, 0) is 86.1 Å². The van der Waals surface area contributed by atoms with Crippen LogP contribution in [0.1, 0.15) is 0 Å². The summed E-state index contributed by atoms with van der Waals surface area (Å²) in [5.41, 5.74) is 0. The summed E-state index contributed by atoms with van der Waals surface area (Å²) in [4.78, 5) is 0. The van der Waals surface area contributed by atoms with E-state index in [-0.39, 0.29) is 58.6 Å². The molecule has 0 aromatic rings. The fraction of sp³-hybridized carbons (Fsp3) is 0. The molecule has 0 N–H and O–H groups in total. The number of hydrogen-bond acceptors (Lipinski definition) is 1. The van der Waals surface area contributed by atoms with Gasteiger partial charge >= 0.3 is 27.5 Å². The van der Waals surface area contributed by atoms with Crippen LogP contribution >= 0.6 is 0 Å². The molecule has 1 radical (unpaired) electrons. The van der Waals surface area contributed by atoms with Gasteiger partial charge in [0.2, 0.25) is 0 Å². The Bertz CT molecular complexity index is 8.00. The molecule has 0 aliphatic rings. The average Bonchev–Trinajstić information content (AvgIpc) is 1.00. The van der Waals surface area contributed by atoms with Gasteiger partial charge in [-0.15, -0.1) is 0 Å². The van der Waals surface area contributed by atoms with Gasteiger partial charge in [0.15, 0.2) is 0 Å². The Morgan fingerprint density at radius 1 is 1.25 bits per heavy atom. The Kier molecular flexibility index (Phi) is 69.2. The van der Waals surface area contributed by atoms with Gasteiger partial charge in [0.05, 0.1) is 0 Å². The standard InChI is InChI=1S/Hf.O.Y.Zr. The molecule has 4 heavy (non-hydrogen) atoms. The molecule has 0 spiro atoms. The van der Waals surface area contributed by atoms with Crippen LogP contribution < -0.4 is 0 Å². The van der Waals surface area contributed by atoms with Crippen molar-refractivity contribution >= 4 is 0 Å². The second-order valence-corrected chi connectivity index (χ2v) is 0. The minimum atomic E-state index is 0. The van der Waals surface area contributed by atoms with Crippen LogP contribution in [0, 0.1) is 0 Å². The molecule has 0 atom stereocenters. The first-order valence-electron chi connectivity index (χ1n) is 0.204. The first-order chi connectivity index (χ1) is 1.00. The molecule has 0 rings (SSSR count). The second-order valence-electron chi connectivity index (χ2n) is 0. The molecule has 0 fully saturated rings. The SMILES string of the molecule is [Hf].[O]=[Zr].[Y]. The van der Waals surface area contributed by atoms with Gasteiger partial charge in [-0.25, -0.2) is 0 Å². The maximum absolute atomic E-state index is 8.34. The zero-order valence-electron chi connectivity index (χ0n) is 1.99. The molecule has 1 nitrogen and oxygen atoms in total. The summed E-state index contributed by atoms with van der Waals surface area (Å²) in [5.74, 6) is 0. The normalized spacial score (nSPS) is 0.750. The van der Waals surface area contributed by atoms with Crippen LogP contribution in [-0.4, -0.2) is 0 Å². The quantitative estimate of drug-likeness (QED) is 0.540. The van der Waals surface area contributed by atoms with E-state index in [1.165, 1.54) is 0 Å². The molecule has 0 bridgehead atoms. The molecule has 0 aliphatic heterocycles. The smallest absolute Gasteiger partial charge is 0 e. The van der Waals surface area contributed by atoms with Gasteiger partial charge in [0, 0.05) is 58.6 Å². The van der Waals surface area contributed by atoms with Gasteiger partial charge in [0.25, 0.3) is 0 Å². The minimum Gasteiger partial charge on any atom is 0 e. The van der Waals surface area contributed by atoms with E-state index in [1.54, 1.807) is 0 Å². The maximum atomic E-state index is 8.34. The van der Waals surface area contributed by atoms with Crippen LogP contribution in [0.4, 0.5) is 0 Å². The molecule has 0 unspecified atom stereocenters. The summed E-state index contributed by atoms with van der Waals surface area (Å²) in [5, 5.41) is 0. The summed E-state index contributed by atoms with van der Waals surface area (Å²) in [6.45, 7) is 0. The Balaban J connectivity index is -0.00000000500. The molecule has 0 aromatic heterocycles. The Hall–Kier alpha value is 2.66. The largest absolute Gasteiger partial charge is 0 e. The van der Waals surface area contributed by atoms with Gasteiger partial charge in [-0.05, 0) is 0 Å². The van der Waals surface area contributed by atoms with Gasteiger partial charge in [-0.2, -0.15) is 0 Å². The molecule has 17 valence electrons. The molecular weight excluding hydrogens is 375 g/mol. The van der Waals surface area contributed by atoms with Crippen LogP contribution in [0.2, 0.25) is 0 Å². The second kappa shape index (κ2) is 17.4. The zero-order valence-corrected chi connectivity index (χ0v) is 10.9. The van der Waals surface area contributed by atoms with Crippen molar-refractivity contribution in [2.24, 2.45) is 0 Å². The van der Waals surface area contributed by atoms with E-state index in [1.807, 2.05) is 0 Å². The van der Waals surface area contributed by atoms with Gasteiger partial charge < -0.3 is 0 Å². The number of rotatable bonds is 0. The van der Waals surface area contributed by atoms with Crippen molar-refractivity contribution in [2.75, 3.05) is 0 Å². The van der Waals surface area contributed by atoms with Gasteiger partial charge in [-0.1, -0.05) is 0 Å². The van der Waals surface area contributed by atoms with E-state index in [9.17, 15) is 0 Å². The fourth-order valence-corrected chi connectivity index (χ4v) is 0. The Morgan fingerprint density at radius 3 is 1.25 bits per heavy atom. The van der Waals surface area contributed by atoms with Crippen molar-refractivity contribution in [2.45, 2.75) is 0 Å². The summed E-state index contributed by atoms with van der Waals surface area (Å²) < 4.78 is 8.34. The van der Waals surface area contributed by atoms with Crippen molar-refractivity contribution in [1.82, 2.24) is 0 Å². The molecule has 4 heteroatoms. The van der Waals surface area contributed by atoms with Crippen LogP contribution in [0.5, 0.6) is 0 Å². The topological polar surface area (TPSA) is 17.1 Å². The van der Waals surface area contributed by atoms with E-state index in [0.29, 0.717) is 24.7 Å². The van der Waals surface area contributed by atoms with E-state index in [2.05, 4.69) is 0 Å². The van der Waals surface area contributed by atoms with Gasteiger partial charge in [0.1, 0.15) is 0 Å². The number of hydrogen-bond donors (Lipinski definition) is 0. The fourth-order valence-electron chi connectivity index (χ4n) is 0. The third-order valence-corrected chi connectivity index (χ3v) is 0. The maximum Gasteiger partial charge on any atom is 0 e.